The molecule has 1 fully saturated rings. The normalized spacial score (nSPS) is 13.5. The molecule has 0 spiro atoms. The van der Waals surface area contributed by atoms with Crippen molar-refractivity contribution in [1.82, 2.24) is 15.2 Å². The summed E-state index contributed by atoms with van der Waals surface area (Å²) in [5.41, 5.74) is 1.04. The molecule has 1 aromatic carbocycles. The molecule has 1 aliphatic rings. The van der Waals surface area contributed by atoms with E-state index in [0.29, 0.717) is 43.1 Å². The zero-order valence-corrected chi connectivity index (χ0v) is 15.7. The number of piperazine rings is 1. The number of aromatic nitrogens is 1. The van der Waals surface area contributed by atoms with Gasteiger partial charge in [0.15, 0.2) is 0 Å². The molecule has 29 heavy (non-hydrogen) atoms. The van der Waals surface area contributed by atoms with E-state index in [2.05, 4.69) is 15.2 Å². The fourth-order valence-electron chi connectivity index (χ4n) is 3.01. The second-order valence-electron chi connectivity index (χ2n) is 6.40. The monoisotopic (exact) mass is 395 g/mol. The molecular formula is C20H21N5O4. The predicted octanol–water partition coefficient (Wildman–Crippen LogP) is 1.56. The Morgan fingerprint density at radius 2 is 2.00 bits per heavy atom. The van der Waals surface area contributed by atoms with Crippen LogP contribution in [0.3, 0.4) is 0 Å². The summed E-state index contributed by atoms with van der Waals surface area (Å²) in [6.07, 6.45) is 0.442. The molecule has 0 aliphatic carbocycles. The summed E-state index contributed by atoms with van der Waals surface area (Å²) in [5, 5.41) is 19.6. The second-order valence-corrected chi connectivity index (χ2v) is 6.40. The van der Waals surface area contributed by atoms with Crippen LogP contribution in [0.1, 0.15) is 15.9 Å². The fraction of sp³-hybridized carbons (Fsp3) is 0.300. The van der Waals surface area contributed by atoms with E-state index in [1.54, 1.807) is 41.4 Å². The zero-order valence-electron chi connectivity index (χ0n) is 15.7. The summed E-state index contributed by atoms with van der Waals surface area (Å²) in [5.74, 6) is 1.23. The number of nitrogens with one attached hydrogen (secondary N) is 1. The Labute approximate surface area is 168 Å². The first-order valence-electron chi connectivity index (χ1n) is 9.17. The lowest BCUT2D eigenvalue weighted by molar-refractivity contribution is 0.0746. The van der Waals surface area contributed by atoms with Gasteiger partial charge in [0.2, 0.25) is 0 Å². The van der Waals surface area contributed by atoms with Gasteiger partial charge in [0, 0.05) is 37.9 Å². The molecule has 2 heterocycles. The van der Waals surface area contributed by atoms with Crippen LogP contribution in [-0.4, -0.2) is 66.3 Å². The topological polar surface area (TPSA) is 119 Å². The van der Waals surface area contributed by atoms with Crippen LogP contribution >= 0.6 is 0 Å². The van der Waals surface area contributed by atoms with Crippen LogP contribution in [0.25, 0.3) is 0 Å². The number of hydrogen-bond acceptors (Lipinski definition) is 6. The van der Waals surface area contributed by atoms with E-state index in [1.807, 2.05) is 12.1 Å². The van der Waals surface area contributed by atoms with E-state index in [-0.39, 0.29) is 19.1 Å². The molecule has 1 aromatic heterocycles. The van der Waals surface area contributed by atoms with E-state index in [1.165, 1.54) is 0 Å². The molecule has 1 aliphatic heterocycles. The quantitative estimate of drug-likeness (QED) is 0.713. The van der Waals surface area contributed by atoms with E-state index >= 15 is 0 Å². The molecular weight excluding hydrogens is 374 g/mol. The Morgan fingerprint density at radius 3 is 2.66 bits per heavy atom. The number of nitrogens with zero attached hydrogens (tertiary/aromatic N) is 4. The van der Waals surface area contributed by atoms with Gasteiger partial charge in [-0.1, -0.05) is 6.07 Å². The van der Waals surface area contributed by atoms with E-state index in [9.17, 15) is 9.59 Å². The number of benzene rings is 1. The highest BCUT2D eigenvalue weighted by molar-refractivity contribution is 5.94. The van der Waals surface area contributed by atoms with Gasteiger partial charge in [-0.25, -0.2) is 9.78 Å². The molecule has 0 atom stereocenters. The van der Waals surface area contributed by atoms with E-state index in [0.717, 1.165) is 5.82 Å². The van der Waals surface area contributed by atoms with Gasteiger partial charge in [-0.05, 0) is 30.3 Å². The number of carbonyl (C=O) groups excluding carboxylic acids is 1. The Bertz CT molecular complexity index is 902. The van der Waals surface area contributed by atoms with Crippen molar-refractivity contribution in [1.29, 1.82) is 5.26 Å². The van der Waals surface area contributed by atoms with Crippen molar-refractivity contribution in [2.45, 2.75) is 0 Å². The van der Waals surface area contributed by atoms with Gasteiger partial charge < -0.3 is 25.0 Å². The molecule has 0 saturated carbocycles. The van der Waals surface area contributed by atoms with Gasteiger partial charge in [0.25, 0.3) is 5.91 Å². The zero-order chi connectivity index (χ0) is 20.6. The highest BCUT2D eigenvalue weighted by atomic mass is 16.5. The van der Waals surface area contributed by atoms with Crippen molar-refractivity contribution in [3.05, 3.63) is 53.7 Å². The molecule has 0 radical (unpaired) electrons. The number of nitriles is 1. The van der Waals surface area contributed by atoms with Crippen molar-refractivity contribution in [2.24, 2.45) is 0 Å². The standard InChI is InChI=1S/C20H21N5O4/c21-13-15-4-5-18(23-14-15)24-7-9-25(10-8-24)19(26)16-2-1-3-17(12-16)29-11-6-22-20(27)28/h1-5,12,14,22H,6-11H2,(H,27,28). The Hall–Kier alpha value is -3.80. The maximum atomic E-state index is 12.8. The molecule has 9 nitrogen and oxygen atoms in total. The molecule has 0 bridgehead atoms. The maximum absolute atomic E-state index is 12.8. The van der Waals surface area contributed by atoms with Crippen molar-refractivity contribution < 1.29 is 19.4 Å². The number of pyridine rings is 1. The highest BCUT2D eigenvalue weighted by Crippen LogP contribution is 2.18. The first-order chi connectivity index (χ1) is 14.1. The van der Waals surface area contributed by atoms with Crippen molar-refractivity contribution >= 4 is 17.8 Å². The Kier molecular flexibility index (Phi) is 6.47. The third-order valence-corrected chi connectivity index (χ3v) is 4.50. The van der Waals surface area contributed by atoms with Crippen LogP contribution in [-0.2, 0) is 0 Å². The number of rotatable bonds is 6. The molecule has 2 aromatic rings. The van der Waals surface area contributed by atoms with E-state index in [4.69, 9.17) is 15.1 Å². The third-order valence-electron chi connectivity index (χ3n) is 4.50. The summed E-state index contributed by atoms with van der Waals surface area (Å²) >= 11 is 0. The van der Waals surface area contributed by atoms with Gasteiger partial charge in [-0.3, -0.25) is 4.79 Å². The van der Waals surface area contributed by atoms with Crippen LogP contribution in [0.15, 0.2) is 42.6 Å². The van der Waals surface area contributed by atoms with Crippen LogP contribution in [0.4, 0.5) is 10.6 Å². The van der Waals surface area contributed by atoms with Gasteiger partial charge >= 0.3 is 6.09 Å². The molecule has 2 N–H and O–H groups in total. The molecule has 1 saturated heterocycles. The molecule has 0 unspecified atom stereocenters. The summed E-state index contributed by atoms with van der Waals surface area (Å²) < 4.78 is 5.49. The van der Waals surface area contributed by atoms with Crippen molar-refractivity contribution in [3.63, 3.8) is 0 Å². The third kappa shape index (κ3) is 5.35. The number of anilines is 1. The number of carboxylic acid groups (broad SMARTS) is 1. The molecule has 9 heteroatoms. The van der Waals surface area contributed by atoms with Crippen LogP contribution in [0, 0.1) is 11.3 Å². The number of ether oxygens (including phenoxy) is 1. The minimum Gasteiger partial charge on any atom is -0.492 e. The number of hydrogen-bond donors (Lipinski definition) is 2. The fourth-order valence-corrected chi connectivity index (χ4v) is 3.01. The average molecular weight is 395 g/mol. The molecule has 3 rings (SSSR count). The van der Waals surface area contributed by atoms with Crippen molar-refractivity contribution in [2.75, 3.05) is 44.2 Å². The number of amides is 2. The summed E-state index contributed by atoms with van der Waals surface area (Å²) in [7, 11) is 0. The summed E-state index contributed by atoms with van der Waals surface area (Å²) in [6, 6.07) is 12.5. The first kappa shape index (κ1) is 19.9. The second kappa shape index (κ2) is 9.41. The van der Waals surface area contributed by atoms with Crippen molar-refractivity contribution in [3.8, 4) is 11.8 Å². The minimum absolute atomic E-state index is 0.0773. The van der Waals surface area contributed by atoms with Crippen LogP contribution < -0.4 is 15.0 Å². The van der Waals surface area contributed by atoms with Gasteiger partial charge in [0.1, 0.15) is 24.2 Å². The van der Waals surface area contributed by atoms with Gasteiger partial charge in [-0.15, -0.1) is 0 Å². The van der Waals surface area contributed by atoms with Gasteiger partial charge in [-0.2, -0.15) is 5.26 Å². The van der Waals surface area contributed by atoms with Gasteiger partial charge in [0.05, 0.1) is 12.1 Å². The predicted molar refractivity (Wildman–Crippen MR) is 105 cm³/mol. The Balaban J connectivity index is 1.54. The minimum atomic E-state index is -1.10. The van der Waals surface area contributed by atoms with E-state index < -0.39 is 6.09 Å². The lowest BCUT2D eigenvalue weighted by Gasteiger charge is -2.35. The number of carbonyl (C=O) groups is 2. The largest absolute Gasteiger partial charge is 0.492 e. The summed E-state index contributed by atoms with van der Waals surface area (Å²) in [4.78, 5) is 31.4. The highest BCUT2D eigenvalue weighted by Gasteiger charge is 2.23. The lowest BCUT2D eigenvalue weighted by Crippen LogP contribution is -2.49. The maximum Gasteiger partial charge on any atom is 0.404 e. The summed E-state index contributed by atoms with van der Waals surface area (Å²) in [6.45, 7) is 2.78. The lowest BCUT2D eigenvalue weighted by atomic mass is 10.1. The Morgan fingerprint density at radius 1 is 1.21 bits per heavy atom. The first-order valence-corrected chi connectivity index (χ1v) is 9.17. The SMILES string of the molecule is N#Cc1ccc(N2CCN(C(=O)c3cccc(OCCNC(=O)O)c3)CC2)nc1. The average Bonchev–Trinajstić information content (AvgIpc) is 2.76. The molecule has 150 valence electrons. The van der Waals surface area contributed by atoms with Crippen LogP contribution in [0.5, 0.6) is 5.75 Å². The van der Waals surface area contributed by atoms with Crippen LogP contribution in [0.2, 0.25) is 0 Å². The smallest absolute Gasteiger partial charge is 0.404 e. The molecule has 2 amide bonds.